The second-order valence-electron chi connectivity index (χ2n) is 8.14. The zero-order chi connectivity index (χ0) is 20.9. The van der Waals surface area contributed by atoms with Crippen LogP contribution in [0, 0.1) is 6.92 Å². The molecule has 0 saturated carbocycles. The second-order valence-corrected chi connectivity index (χ2v) is 9.41. The molecule has 8 heteroatoms. The van der Waals surface area contributed by atoms with Crippen LogP contribution in [-0.4, -0.2) is 26.4 Å². The Labute approximate surface area is 178 Å². The Morgan fingerprint density at radius 3 is 2.48 bits per heavy atom. The van der Waals surface area contributed by atoms with E-state index in [9.17, 15) is 4.79 Å². The summed E-state index contributed by atoms with van der Waals surface area (Å²) in [4.78, 5) is 17.9. The van der Waals surface area contributed by atoms with Gasteiger partial charge < -0.3 is 0 Å². The molecule has 3 aromatic rings. The summed E-state index contributed by atoms with van der Waals surface area (Å²) in [5.41, 5.74) is 3.99. The number of hydrogen-bond acceptors (Lipinski definition) is 5. The van der Waals surface area contributed by atoms with Gasteiger partial charge in [-0.3, -0.25) is 9.48 Å². The zero-order valence-corrected chi connectivity index (χ0v) is 18.5. The normalized spacial score (nSPS) is 17.2. The molecule has 0 spiro atoms. The highest BCUT2D eigenvalue weighted by Gasteiger charge is 2.40. The fourth-order valence-electron chi connectivity index (χ4n) is 3.42. The molecule has 0 N–H and O–H groups in total. The van der Waals surface area contributed by atoms with Crippen LogP contribution in [-0.2, 0) is 10.3 Å². The van der Waals surface area contributed by atoms with Crippen LogP contribution in [0.15, 0.2) is 40.8 Å². The highest BCUT2D eigenvalue weighted by molar-refractivity contribution is 7.14. The lowest BCUT2D eigenvalue weighted by Crippen LogP contribution is -2.32. The Balaban J connectivity index is 1.67. The van der Waals surface area contributed by atoms with Crippen molar-refractivity contribution in [2.45, 2.75) is 46.1 Å². The van der Waals surface area contributed by atoms with Gasteiger partial charge in [-0.25, -0.2) is 4.98 Å². The first-order valence-corrected chi connectivity index (χ1v) is 10.6. The van der Waals surface area contributed by atoms with E-state index in [2.05, 4.69) is 36.0 Å². The minimum absolute atomic E-state index is 0.107. The third-order valence-electron chi connectivity index (χ3n) is 4.73. The second kappa shape index (κ2) is 7.07. The van der Waals surface area contributed by atoms with Gasteiger partial charge in [0.05, 0.1) is 28.3 Å². The van der Waals surface area contributed by atoms with Crippen molar-refractivity contribution in [3.63, 3.8) is 0 Å². The van der Waals surface area contributed by atoms with Gasteiger partial charge in [-0.2, -0.15) is 15.2 Å². The minimum Gasteiger partial charge on any atom is -0.271 e. The summed E-state index contributed by atoms with van der Waals surface area (Å²) >= 11 is 7.36. The molecule has 6 nitrogen and oxygen atoms in total. The number of anilines is 1. The lowest BCUT2D eigenvalue weighted by Gasteiger charge is -2.24. The van der Waals surface area contributed by atoms with Crippen LogP contribution in [0.3, 0.4) is 0 Å². The molecule has 0 saturated heterocycles. The Kier molecular flexibility index (Phi) is 4.83. The molecule has 4 rings (SSSR count). The van der Waals surface area contributed by atoms with Gasteiger partial charge in [0.1, 0.15) is 5.92 Å². The topological polar surface area (TPSA) is 63.4 Å². The highest BCUT2D eigenvalue weighted by Crippen LogP contribution is 2.35. The number of nitrogens with zero attached hydrogens (tertiary/aromatic N) is 5. The van der Waals surface area contributed by atoms with Crippen LogP contribution in [0.1, 0.15) is 45.0 Å². The van der Waals surface area contributed by atoms with Crippen LogP contribution >= 0.6 is 22.9 Å². The Bertz CT molecular complexity index is 1110. The highest BCUT2D eigenvalue weighted by atomic mass is 35.5. The van der Waals surface area contributed by atoms with Crippen LogP contribution in [0.5, 0.6) is 0 Å². The summed E-state index contributed by atoms with van der Waals surface area (Å²) in [5.74, 6) is -0.566. The monoisotopic (exact) mass is 427 g/mol. The van der Waals surface area contributed by atoms with Crippen LogP contribution in [0.4, 0.5) is 5.13 Å². The molecule has 1 amide bonds. The lowest BCUT2D eigenvalue weighted by atomic mass is 9.98. The van der Waals surface area contributed by atoms with Gasteiger partial charge in [0.2, 0.25) is 5.13 Å². The van der Waals surface area contributed by atoms with Crippen molar-refractivity contribution in [3.05, 3.63) is 52.1 Å². The molecule has 1 aromatic carbocycles. The van der Waals surface area contributed by atoms with Gasteiger partial charge in [0.25, 0.3) is 5.91 Å². The van der Waals surface area contributed by atoms with E-state index in [0.29, 0.717) is 10.2 Å². The standard InChI is InChI=1S/C21H22ClN5OS/c1-12-10-17(27(24-12)21(3,4)5)18-13(2)25-26(19(18)28)20-23-16(11-29-20)14-6-8-15(22)9-7-14/h6-11,18H,1-5H3. The Morgan fingerprint density at radius 2 is 1.83 bits per heavy atom. The fourth-order valence-corrected chi connectivity index (χ4v) is 4.33. The van der Waals surface area contributed by atoms with E-state index in [-0.39, 0.29) is 11.4 Å². The van der Waals surface area contributed by atoms with Gasteiger partial charge in [-0.05, 0) is 52.8 Å². The smallest absolute Gasteiger partial charge is 0.264 e. The molecular formula is C21H22ClN5OS. The van der Waals surface area contributed by atoms with E-state index in [1.807, 2.05) is 54.2 Å². The lowest BCUT2D eigenvalue weighted by molar-refractivity contribution is -0.118. The summed E-state index contributed by atoms with van der Waals surface area (Å²) in [6.07, 6.45) is 0. The van der Waals surface area contributed by atoms with E-state index in [1.165, 1.54) is 16.3 Å². The van der Waals surface area contributed by atoms with E-state index in [4.69, 9.17) is 11.6 Å². The summed E-state index contributed by atoms with van der Waals surface area (Å²) in [6.45, 7) is 10.0. The largest absolute Gasteiger partial charge is 0.271 e. The molecule has 0 aliphatic carbocycles. The molecule has 0 fully saturated rings. The molecule has 1 unspecified atom stereocenters. The molecule has 1 atom stereocenters. The number of thiazole rings is 1. The maximum Gasteiger partial charge on any atom is 0.264 e. The number of carbonyl (C=O) groups is 1. The number of amides is 1. The average Bonchev–Trinajstić information content (AvgIpc) is 3.33. The summed E-state index contributed by atoms with van der Waals surface area (Å²) in [5, 5.41) is 13.7. The number of carbonyl (C=O) groups excluding carboxylic acids is 1. The van der Waals surface area contributed by atoms with Crippen molar-refractivity contribution >= 4 is 39.7 Å². The number of benzene rings is 1. The predicted octanol–water partition coefficient (Wildman–Crippen LogP) is 5.23. The number of rotatable bonds is 3. The van der Waals surface area contributed by atoms with Crippen molar-refractivity contribution in [1.82, 2.24) is 14.8 Å². The molecule has 150 valence electrons. The molecule has 29 heavy (non-hydrogen) atoms. The molecule has 1 aliphatic rings. The summed E-state index contributed by atoms with van der Waals surface area (Å²) in [7, 11) is 0. The number of hydrazone groups is 1. The molecule has 3 heterocycles. The number of aryl methyl sites for hydroxylation is 1. The van der Waals surface area contributed by atoms with Crippen LogP contribution in [0.25, 0.3) is 11.3 Å². The minimum atomic E-state index is -0.460. The van der Waals surface area contributed by atoms with Crippen molar-refractivity contribution in [1.29, 1.82) is 0 Å². The predicted molar refractivity (Wildman–Crippen MR) is 118 cm³/mol. The number of aromatic nitrogens is 3. The van der Waals surface area contributed by atoms with Gasteiger partial charge in [0, 0.05) is 16.0 Å². The zero-order valence-electron chi connectivity index (χ0n) is 17.0. The van der Waals surface area contributed by atoms with Gasteiger partial charge >= 0.3 is 0 Å². The number of hydrogen-bond donors (Lipinski definition) is 0. The van der Waals surface area contributed by atoms with Crippen molar-refractivity contribution in [3.8, 4) is 11.3 Å². The third-order valence-corrected chi connectivity index (χ3v) is 5.80. The van der Waals surface area contributed by atoms with Crippen molar-refractivity contribution in [2.75, 3.05) is 5.01 Å². The molecule has 0 radical (unpaired) electrons. The average molecular weight is 428 g/mol. The SMILES string of the molecule is CC1=NN(c2nc(-c3ccc(Cl)cc3)cs2)C(=O)C1c1cc(C)nn1C(C)(C)C. The Morgan fingerprint density at radius 1 is 1.14 bits per heavy atom. The van der Waals surface area contributed by atoms with Gasteiger partial charge in [-0.15, -0.1) is 11.3 Å². The quantitative estimate of drug-likeness (QED) is 0.574. The number of halogens is 1. The van der Waals surface area contributed by atoms with Gasteiger partial charge in [0.15, 0.2) is 0 Å². The Hall–Kier alpha value is -2.51. The van der Waals surface area contributed by atoms with E-state index < -0.39 is 5.92 Å². The van der Waals surface area contributed by atoms with E-state index >= 15 is 0 Å². The van der Waals surface area contributed by atoms with Gasteiger partial charge in [-0.1, -0.05) is 23.7 Å². The first-order valence-electron chi connectivity index (χ1n) is 9.33. The molecular weight excluding hydrogens is 406 g/mol. The maximum absolute atomic E-state index is 13.3. The molecule has 2 aromatic heterocycles. The molecule has 1 aliphatic heterocycles. The summed E-state index contributed by atoms with van der Waals surface area (Å²) in [6, 6.07) is 9.44. The first-order chi connectivity index (χ1) is 13.6. The first kappa shape index (κ1) is 19.8. The van der Waals surface area contributed by atoms with Crippen molar-refractivity contribution in [2.24, 2.45) is 5.10 Å². The van der Waals surface area contributed by atoms with E-state index in [0.717, 1.165) is 28.4 Å². The van der Waals surface area contributed by atoms with Crippen molar-refractivity contribution < 1.29 is 4.79 Å². The fraction of sp³-hybridized carbons (Fsp3) is 0.333. The third kappa shape index (κ3) is 3.60. The van der Waals surface area contributed by atoms with Crippen LogP contribution in [0.2, 0.25) is 5.02 Å². The molecule has 0 bridgehead atoms. The maximum atomic E-state index is 13.3. The van der Waals surface area contributed by atoms with Crippen LogP contribution < -0.4 is 5.01 Å². The van der Waals surface area contributed by atoms with E-state index in [1.54, 1.807) is 0 Å². The summed E-state index contributed by atoms with van der Waals surface area (Å²) < 4.78 is 1.93.